The minimum Gasteiger partial charge on any atom is -0.282 e. The lowest BCUT2D eigenvalue weighted by Crippen LogP contribution is -2.33. The molecule has 1 aliphatic carbocycles. The number of anilines is 1. The number of aromatic amines is 1. The Morgan fingerprint density at radius 3 is 2.52 bits per heavy atom. The minimum atomic E-state index is -0.510. The summed E-state index contributed by atoms with van der Waals surface area (Å²) in [6.45, 7) is 7.82. The van der Waals surface area contributed by atoms with Crippen LogP contribution in [0.4, 0.5) is 5.69 Å². The molecule has 25 heavy (non-hydrogen) atoms. The third kappa shape index (κ3) is 2.40. The van der Waals surface area contributed by atoms with E-state index in [9.17, 15) is 4.79 Å². The first kappa shape index (κ1) is 15.7. The molecule has 0 saturated carbocycles. The van der Waals surface area contributed by atoms with E-state index in [4.69, 9.17) is 0 Å². The Balaban J connectivity index is 1.83. The van der Waals surface area contributed by atoms with Gasteiger partial charge < -0.3 is 0 Å². The van der Waals surface area contributed by atoms with Crippen molar-refractivity contribution in [1.82, 2.24) is 20.2 Å². The molecule has 0 unspecified atom stereocenters. The molecule has 0 fully saturated rings. The van der Waals surface area contributed by atoms with Gasteiger partial charge >= 0.3 is 0 Å². The number of nitrogens with one attached hydrogen (secondary N) is 1. The molecule has 128 valence electrons. The molecule has 1 aliphatic heterocycles. The summed E-state index contributed by atoms with van der Waals surface area (Å²) in [6.07, 6.45) is 7.27. The number of aromatic nitrogens is 4. The maximum Gasteiger partial charge on any atom is 0.241 e. The van der Waals surface area contributed by atoms with Crippen molar-refractivity contribution in [3.8, 4) is 0 Å². The van der Waals surface area contributed by atoms with Crippen molar-refractivity contribution in [2.24, 2.45) is 5.41 Å². The van der Waals surface area contributed by atoms with Crippen LogP contribution in [0.2, 0.25) is 0 Å². The van der Waals surface area contributed by atoms with Gasteiger partial charge in [-0.25, -0.2) is 9.97 Å². The Morgan fingerprint density at radius 1 is 1.16 bits per heavy atom. The fraction of sp³-hybridized carbons (Fsp3) is 0.368. The largest absolute Gasteiger partial charge is 0.282 e. The zero-order valence-electron chi connectivity index (χ0n) is 14.9. The van der Waals surface area contributed by atoms with Crippen LogP contribution >= 0.6 is 0 Å². The van der Waals surface area contributed by atoms with Crippen LogP contribution in [0.5, 0.6) is 0 Å². The Hall–Kier alpha value is -2.76. The predicted molar refractivity (Wildman–Crippen MR) is 95.6 cm³/mol. The molecule has 1 amide bonds. The number of H-pyrrole nitrogens is 1. The number of allylic oxidation sites excluding steroid dienone is 2. The highest BCUT2D eigenvalue weighted by atomic mass is 16.2. The monoisotopic (exact) mass is 335 g/mol. The van der Waals surface area contributed by atoms with Gasteiger partial charge in [-0.15, -0.1) is 0 Å². The third-order valence-electron chi connectivity index (χ3n) is 5.06. The number of hydrogen-bond acceptors (Lipinski definition) is 4. The van der Waals surface area contributed by atoms with E-state index in [1.54, 1.807) is 17.3 Å². The summed E-state index contributed by atoms with van der Waals surface area (Å²) in [4.78, 5) is 23.4. The number of carbonyl (C=O) groups excluding carboxylic acids is 1. The molecule has 2 aliphatic rings. The van der Waals surface area contributed by atoms with Crippen LogP contribution in [0.25, 0.3) is 5.57 Å². The summed E-state index contributed by atoms with van der Waals surface area (Å²) in [5.74, 6) is 0.761. The van der Waals surface area contributed by atoms with Crippen LogP contribution in [0.15, 0.2) is 35.8 Å². The number of carbonyl (C=O) groups is 1. The van der Waals surface area contributed by atoms with Gasteiger partial charge in [0.1, 0.15) is 5.82 Å². The van der Waals surface area contributed by atoms with Gasteiger partial charge in [0.05, 0.1) is 29.2 Å². The smallest absolute Gasteiger partial charge is 0.241 e. The summed E-state index contributed by atoms with van der Waals surface area (Å²) in [5.41, 5.74) is 5.45. The lowest BCUT2D eigenvalue weighted by molar-refractivity contribution is -0.123. The van der Waals surface area contributed by atoms with Crippen molar-refractivity contribution < 1.29 is 4.79 Å². The number of aryl methyl sites for hydroxylation is 2. The molecule has 4 rings (SSSR count). The number of amides is 1. The molecule has 0 saturated heterocycles. The average molecular weight is 335 g/mol. The molecule has 6 heteroatoms. The Bertz CT molecular complexity index is 918. The first-order valence-electron chi connectivity index (χ1n) is 8.47. The van der Waals surface area contributed by atoms with Crippen molar-refractivity contribution in [1.29, 1.82) is 0 Å². The van der Waals surface area contributed by atoms with E-state index in [1.165, 1.54) is 5.57 Å². The second-order valence-electron chi connectivity index (χ2n) is 7.22. The predicted octanol–water partition coefficient (Wildman–Crippen LogP) is 3.32. The van der Waals surface area contributed by atoms with Gasteiger partial charge in [0.15, 0.2) is 0 Å². The molecular weight excluding hydrogens is 314 g/mol. The average Bonchev–Trinajstić information content (AvgIpc) is 3.10. The van der Waals surface area contributed by atoms with Gasteiger partial charge in [0, 0.05) is 11.4 Å². The molecule has 2 aromatic rings. The molecule has 6 nitrogen and oxygen atoms in total. The number of hydrogen-bond donors (Lipinski definition) is 1. The standard InChI is InChI=1S/C19H21N5O/c1-11-7-16(23-22-11)13-5-6-15-17(8-13)24(18(25)19(15,3)4)14-9-20-12(2)21-10-14/h7-10H,5-6H2,1-4H3,(H,22,23). The van der Waals surface area contributed by atoms with E-state index in [0.717, 1.165) is 35.5 Å². The van der Waals surface area contributed by atoms with Crippen LogP contribution < -0.4 is 4.90 Å². The Labute approximate surface area is 146 Å². The third-order valence-corrected chi connectivity index (χ3v) is 5.06. The molecular formula is C19H21N5O. The molecule has 0 atom stereocenters. The Kier molecular flexibility index (Phi) is 3.39. The van der Waals surface area contributed by atoms with E-state index in [-0.39, 0.29) is 5.91 Å². The van der Waals surface area contributed by atoms with Gasteiger partial charge in [-0.3, -0.25) is 14.8 Å². The second kappa shape index (κ2) is 5.37. The van der Waals surface area contributed by atoms with Crippen LogP contribution in [0.3, 0.4) is 0 Å². The zero-order chi connectivity index (χ0) is 17.8. The Morgan fingerprint density at radius 2 is 1.88 bits per heavy atom. The first-order chi connectivity index (χ1) is 11.9. The maximum absolute atomic E-state index is 13.1. The highest BCUT2D eigenvalue weighted by molar-refractivity contribution is 6.07. The van der Waals surface area contributed by atoms with E-state index in [0.29, 0.717) is 11.5 Å². The van der Waals surface area contributed by atoms with Crippen molar-refractivity contribution in [3.05, 3.63) is 53.0 Å². The zero-order valence-corrected chi connectivity index (χ0v) is 14.9. The highest BCUT2D eigenvalue weighted by Gasteiger charge is 2.46. The van der Waals surface area contributed by atoms with Gasteiger partial charge in [0.25, 0.3) is 0 Å². The fourth-order valence-electron chi connectivity index (χ4n) is 3.60. The summed E-state index contributed by atoms with van der Waals surface area (Å²) >= 11 is 0. The number of rotatable bonds is 2. The molecule has 1 N–H and O–H groups in total. The highest BCUT2D eigenvalue weighted by Crippen LogP contribution is 2.48. The molecule has 3 heterocycles. The van der Waals surface area contributed by atoms with Crippen LogP contribution in [0, 0.1) is 19.3 Å². The first-order valence-corrected chi connectivity index (χ1v) is 8.47. The van der Waals surface area contributed by atoms with Gasteiger partial charge in [0.2, 0.25) is 5.91 Å². The maximum atomic E-state index is 13.1. The van der Waals surface area contributed by atoms with Gasteiger partial charge in [-0.2, -0.15) is 5.10 Å². The van der Waals surface area contributed by atoms with Gasteiger partial charge in [-0.05, 0) is 63.8 Å². The van der Waals surface area contributed by atoms with Crippen molar-refractivity contribution >= 4 is 17.2 Å². The van der Waals surface area contributed by atoms with E-state index in [1.807, 2.05) is 33.8 Å². The fourth-order valence-corrected chi connectivity index (χ4v) is 3.60. The van der Waals surface area contributed by atoms with Crippen molar-refractivity contribution in [3.63, 3.8) is 0 Å². The lowest BCUT2D eigenvalue weighted by atomic mass is 9.79. The summed E-state index contributed by atoms with van der Waals surface area (Å²) < 4.78 is 0. The van der Waals surface area contributed by atoms with Gasteiger partial charge in [-0.1, -0.05) is 0 Å². The van der Waals surface area contributed by atoms with E-state index >= 15 is 0 Å². The molecule has 0 spiro atoms. The normalized spacial score (nSPS) is 19.3. The van der Waals surface area contributed by atoms with Crippen molar-refractivity contribution in [2.75, 3.05) is 4.90 Å². The van der Waals surface area contributed by atoms with Crippen LogP contribution in [-0.2, 0) is 4.79 Å². The molecule has 0 radical (unpaired) electrons. The van der Waals surface area contributed by atoms with E-state index in [2.05, 4.69) is 26.2 Å². The molecule has 0 aromatic carbocycles. The number of nitrogens with zero attached hydrogens (tertiary/aromatic N) is 4. The molecule has 0 bridgehead atoms. The minimum absolute atomic E-state index is 0.0701. The summed E-state index contributed by atoms with van der Waals surface area (Å²) in [5, 5.41) is 7.37. The quantitative estimate of drug-likeness (QED) is 0.913. The van der Waals surface area contributed by atoms with Crippen LogP contribution in [-0.4, -0.2) is 26.1 Å². The lowest BCUT2D eigenvalue weighted by Gasteiger charge is -2.21. The summed E-state index contributed by atoms with van der Waals surface area (Å²) in [7, 11) is 0. The van der Waals surface area contributed by atoms with Crippen LogP contribution in [0.1, 0.15) is 43.9 Å². The summed E-state index contributed by atoms with van der Waals surface area (Å²) in [6, 6.07) is 2.04. The topological polar surface area (TPSA) is 74.8 Å². The second-order valence-corrected chi connectivity index (χ2v) is 7.22. The van der Waals surface area contributed by atoms with E-state index < -0.39 is 5.41 Å². The SMILES string of the molecule is Cc1ncc(N2C(=O)C(C)(C)C3=C2C=C(c2cc(C)[nH]n2)CC3)cn1. The van der Waals surface area contributed by atoms with Crippen molar-refractivity contribution in [2.45, 2.75) is 40.5 Å². The molecule has 2 aromatic heterocycles.